The number of unbranched alkanes of at least 4 members (excludes halogenated alkanes) is 5. The maximum atomic E-state index is 13.4. The first-order valence-electron chi connectivity index (χ1n) is 17.7. The molecular formula is C38H51N3O11. The molecule has 0 bridgehead atoms. The fourth-order valence-electron chi connectivity index (χ4n) is 5.56. The number of carboxylic acids is 3. The number of carbonyl (C=O) groups excluding carboxylic acids is 4. The van der Waals surface area contributed by atoms with Gasteiger partial charge in [0, 0.05) is 38.6 Å². The van der Waals surface area contributed by atoms with Crippen LogP contribution in [0.5, 0.6) is 5.75 Å². The van der Waals surface area contributed by atoms with Crippen molar-refractivity contribution in [3.05, 3.63) is 65.7 Å². The number of rotatable bonds is 27. The molecule has 0 radical (unpaired) electrons. The number of carbonyl (C=O) groups is 7. The standard InChI is InChI=1S/C38H51N3O11/c42-29(20-21-31(37(50)51)41-38(52)39-22-10-15-35(46)47)13-8-3-1-2-4-9-14-34(45)40-32(24-26-11-6-5-7-12-26)33(44)25-28(36(48)49)23-27-16-18-30(43)19-17-27/h5-7,11-12,16-19,28,31-32,43H,1-4,8-10,13-15,20-25H2,(H,40,45)(H,46,47)(H,48,49)(H,50,51)(H2,39,41,52)/t28-,31+,32+/m1/s1. The maximum absolute atomic E-state index is 13.4. The number of aliphatic carboxylic acids is 3. The molecule has 14 nitrogen and oxygen atoms in total. The lowest BCUT2D eigenvalue weighted by molar-refractivity contribution is -0.144. The van der Waals surface area contributed by atoms with E-state index in [1.807, 2.05) is 30.3 Å². The lowest BCUT2D eigenvalue weighted by atomic mass is 9.90. The molecule has 52 heavy (non-hydrogen) atoms. The molecule has 0 fully saturated rings. The van der Waals surface area contributed by atoms with E-state index in [0.29, 0.717) is 18.4 Å². The summed E-state index contributed by atoms with van der Waals surface area (Å²) >= 11 is 0. The molecule has 0 saturated carbocycles. The van der Waals surface area contributed by atoms with E-state index in [1.165, 1.54) is 12.1 Å². The highest BCUT2D eigenvalue weighted by Crippen LogP contribution is 2.19. The fraction of sp³-hybridized carbons (Fsp3) is 0.500. The van der Waals surface area contributed by atoms with Crippen molar-refractivity contribution in [2.45, 2.75) is 108 Å². The summed E-state index contributed by atoms with van der Waals surface area (Å²) in [7, 11) is 0. The zero-order chi connectivity index (χ0) is 38.3. The van der Waals surface area contributed by atoms with Crippen molar-refractivity contribution in [3.8, 4) is 5.75 Å². The minimum absolute atomic E-state index is 0.00543. The van der Waals surface area contributed by atoms with Crippen molar-refractivity contribution in [3.63, 3.8) is 0 Å². The molecule has 2 rings (SSSR count). The van der Waals surface area contributed by atoms with E-state index in [1.54, 1.807) is 12.1 Å². The number of benzene rings is 2. The predicted molar refractivity (Wildman–Crippen MR) is 191 cm³/mol. The number of urea groups is 1. The highest BCUT2D eigenvalue weighted by molar-refractivity contribution is 5.91. The SMILES string of the molecule is O=C(O)CCCNC(=O)N[C@@H](CCC(=O)CCCCCCCCC(=O)N[C@@H](Cc1ccccc1)C(=O)C[C@@H](Cc1ccc(O)cc1)C(=O)O)C(=O)O. The van der Waals surface area contributed by atoms with Crippen LogP contribution in [0, 0.1) is 5.92 Å². The fourth-order valence-corrected chi connectivity index (χ4v) is 5.56. The number of aromatic hydroxyl groups is 1. The Labute approximate surface area is 303 Å². The Hall–Kier alpha value is -5.27. The van der Waals surface area contributed by atoms with Crippen LogP contribution in [0.1, 0.15) is 94.6 Å². The molecule has 3 amide bonds. The number of hydrogen-bond acceptors (Lipinski definition) is 8. The second kappa shape index (κ2) is 24.0. The third-order valence-electron chi connectivity index (χ3n) is 8.50. The van der Waals surface area contributed by atoms with Crippen LogP contribution in [0.15, 0.2) is 54.6 Å². The molecule has 0 unspecified atom stereocenters. The zero-order valence-electron chi connectivity index (χ0n) is 29.4. The van der Waals surface area contributed by atoms with Crippen LogP contribution in [0.2, 0.25) is 0 Å². The van der Waals surface area contributed by atoms with Crippen LogP contribution in [0.4, 0.5) is 4.79 Å². The van der Waals surface area contributed by atoms with Crippen LogP contribution >= 0.6 is 0 Å². The number of amides is 3. The van der Waals surface area contributed by atoms with E-state index in [2.05, 4.69) is 16.0 Å². The van der Waals surface area contributed by atoms with Crippen molar-refractivity contribution >= 4 is 41.4 Å². The summed E-state index contributed by atoms with van der Waals surface area (Å²) in [6.07, 6.45) is 4.99. The lowest BCUT2D eigenvalue weighted by Crippen LogP contribution is -2.46. The summed E-state index contributed by atoms with van der Waals surface area (Å²) < 4.78 is 0. The molecule has 0 aliphatic heterocycles. The van der Waals surface area contributed by atoms with Crippen LogP contribution in [0.25, 0.3) is 0 Å². The number of nitrogens with one attached hydrogen (secondary N) is 3. The Morgan fingerprint density at radius 3 is 1.83 bits per heavy atom. The average molecular weight is 726 g/mol. The lowest BCUT2D eigenvalue weighted by Gasteiger charge is -2.20. The molecule has 0 spiro atoms. The Morgan fingerprint density at radius 1 is 0.596 bits per heavy atom. The van der Waals surface area contributed by atoms with Gasteiger partial charge < -0.3 is 36.4 Å². The monoisotopic (exact) mass is 725 g/mol. The summed E-state index contributed by atoms with van der Waals surface area (Å²) in [5.74, 6) is -5.11. The third-order valence-corrected chi connectivity index (χ3v) is 8.50. The van der Waals surface area contributed by atoms with Gasteiger partial charge >= 0.3 is 23.9 Å². The highest BCUT2D eigenvalue weighted by Gasteiger charge is 2.28. The molecule has 0 saturated heterocycles. The normalized spacial score (nSPS) is 12.5. The molecular weight excluding hydrogens is 674 g/mol. The first-order chi connectivity index (χ1) is 24.8. The van der Waals surface area contributed by atoms with Gasteiger partial charge in [-0.1, -0.05) is 68.1 Å². The second-order valence-corrected chi connectivity index (χ2v) is 12.9. The van der Waals surface area contributed by atoms with Crippen molar-refractivity contribution in [2.75, 3.05) is 6.54 Å². The van der Waals surface area contributed by atoms with Crippen LogP contribution < -0.4 is 16.0 Å². The van der Waals surface area contributed by atoms with Crippen molar-refractivity contribution < 1.29 is 54.0 Å². The summed E-state index contributed by atoms with van der Waals surface area (Å²) in [6, 6.07) is 12.4. The van der Waals surface area contributed by atoms with E-state index >= 15 is 0 Å². The van der Waals surface area contributed by atoms with Crippen LogP contribution in [0.3, 0.4) is 0 Å². The number of ketones is 2. The molecule has 14 heteroatoms. The summed E-state index contributed by atoms with van der Waals surface area (Å²) in [5, 5.41) is 44.8. The number of phenols is 1. The van der Waals surface area contributed by atoms with Gasteiger partial charge in [0.1, 0.15) is 17.6 Å². The first-order valence-corrected chi connectivity index (χ1v) is 17.7. The number of phenolic OH excluding ortho intramolecular Hbond substituents is 1. The van der Waals surface area contributed by atoms with Gasteiger partial charge in [-0.3, -0.25) is 24.0 Å². The van der Waals surface area contributed by atoms with E-state index in [4.69, 9.17) is 5.11 Å². The second-order valence-electron chi connectivity index (χ2n) is 12.9. The minimum atomic E-state index is -1.27. The number of hydrogen-bond donors (Lipinski definition) is 7. The van der Waals surface area contributed by atoms with E-state index in [0.717, 1.165) is 31.2 Å². The Kier molecular flexibility index (Phi) is 19.8. The highest BCUT2D eigenvalue weighted by atomic mass is 16.4. The van der Waals surface area contributed by atoms with Gasteiger partial charge in [0.25, 0.3) is 0 Å². The molecule has 0 aliphatic carbocycles. The molecule has 0 aliphatic rings. The molecule has 2 aromatic carbocycles. The summed E-state index contributed by atoms with van der Waals surface area (Å²) in [4.78, 5) is 84.4. The predicted octanol–water partition coefficient (Wildman–Crippen LogP) is 4.41. The van der Waals surface area contributed by atoms with Crippen LogP contribution in [-0.2, 0) is 41.6 Å². The smallest absolute Gasteiger partial charge is 0.326 e. The van der Waals surface area contributed by atoms with Gasteiger partial charge in [-0.25, -0.2) is 9.59 Å². The van der Waals surface area contributed by atoms with Crippen molar-refractivity contribution in [1.29, 1.82) is 0 Å². The molecule has 284 valence electrons. The van der Waals surface area contributed by atoms with Gasteiger partial charge in [-0.05, 0) is 61.8 Å². The molecule has 2 aromatic rings. The average Bonchev–Trinajstić information content (AvgIpc) is 3.10. The molecule has 0 aromatic heterocycles. The zero-order valence-corrected chi connectivity index (χ0v) is 29.4. The molecule has 3 atom stereocenters. The summed E-state index contributed by atoms with van der Waals surface area (Å²) in [5.41, 5.74) is 1.50. The van der Waals surface area contributed by atoms with Gasteiger partial charge in [0.05, 0.1) is 12.0 Å². The van der Waals surface area contributed by atoms with E-state index < -0.39 is 41.9 Å². The van der Waals surface area contributed by atoms with Crippen LogP contribution in [-0.4, -0.2) is 80.5 Å². The quantitative estimate of drug-likeness (QED) is 0.0637. The summed E-state index contributed by atoms with van der Waals surface area (Å²) in [6.45, 7) is 0.0773. The number of carboxylic acid groups (broad SMARTS) is 3. The van der Waals surface area contributed by atoms with Gasteiger partial charge in [-0.2, -0.15) is 0 Å². The molecule has 7 N–H and O–H groups in total. The number of Topliss-reactive ketones (excluding diaryl/α,β-unsaturated/α-hetero) is 2. The Morgan fingerprint density at radius 2 is 1.21 bits per heavy atom. The Bertz CT molecular complexity index is 1460. The largest absolute Gasteiger partial charge is 0.508 e. The Balaban J connectivity index is 1.70. The van der Waals surface area contributed by atoms with E-state index in [-0.39, 0.29) is 87.6 Å². The first kappa shape index (κ1) is 42.9. The van der Waals surface area contributed by atoms with Gasteiger partial charge in [0.15, 0.2) is 5.78 Å². The van der Waals surface area contributed by atoms with Crippen molar-refractivity contribution in [2.24, 2.45) is 5.92 Å². The molecule has 0 heterocycles. The van der Waals surface area contributed by atoms with Crippen molar-refractivity contribution in [1.82, 2.24) is 16.0 Å². The third kappa shape index (κ3) is 18.6. The topological polar surface area (TPSA) is 236 Å². The van der Waals surface area contributed by atoms with Gasteiger partial charge in [0.2, 0.25) is 5.91 Å². The van der Waals surface area contributed by atoms with E-state index in [9.17, 15) is 48.9 Å². The minimum Gasteiger partial charge on any atom is -0.508 e. The maximum Gasteiger partial charge on any atom is 0.326 e. The van der Waals surface area contributed by atoms with Gasteiger partial charge in [-0.15, -0.1) is 0 Å².